The van der Waals surface area contributed by atoms with E-state index in [-0.39, 0.29) is 10.2 Å². The first-order valence-corrected chi connectivity index (χ1v) is 4.35. The summed E-state index contributed by atoms with van der Waals surface area (Å²) < 4.78 is 13.1. The first-order valence-electron chi connectivity index (χ1n) is 3.59. The molecule has 0 radical (unpaired) electrons. The van der Waals surface area contributed by atoms with Gasteiger partial charge in [0.25, 0.3) is 0 Å². The van der Waals surface area contributed by atoms with Crippen molar-refractivity contribution in [2.45, 2.75) is 0 Å². The fourth-order valence-electron chi connectivity index (χ4n) is 1.12. The molecular formula is C9H4Cl2FN. The molecule has 0 aliphatic carbocycles. The molecule has 1 aromatic heterocycles. The Morgan fingerprint density at radius 2 is 1.85 bits per heavy atom. The average molecular weight is 216 g/mol. The second-order valence-corrected chi connectivity index (χ2v) is 3.28. The van der Waals surface area contributed by atoms with Crippen LogP contribution in [-0.2, 0) is 0 Å². The number of nitrogens with zero attached hydrogens (tertiary/aromatic N) is 1. The summed E-state index contributed by atoms with van der Waals surface area (Å²) in [5, 5.41) is 0.408. The Bertz CT molecular complexity index is 470. The number of pyridine rings is 1. The molecule has 4 heteroatoms. The fourth-order valence-corrected chi connectivity index (χ4v) is 1.60. The van der Waals surface area contributed by atoms with Gasteiger partial charge in [-0.3, -0.25) is 0 Å². The molecule has 0 aliphatic rings. The lowest BCUT2D eigenvalue weighted by Gasteiger charge is -2.01. The van der Waals surface area contributed by atoms with Crippen LogP contribution in [0.4, 0.5) is 4.39 Å². The van der Waals surface area contributed by atoms with Gasteiger partial charge in [0.05, 0.1) is 10.5 Å². The molecule has 0 aliphatic heterocycles. The Morgan fingerprint density at radius 1 is 1.15 bits per heavy atom. The zero-order chi connectivity index (χ0) is 9.42. The van der Waals surface area contributed by atoms with Crippen molar-refractivity contribution in [1.82, 2.24) is 4.98 Å². The first-order chi connectivity index (χ1) is 6.20. The minimum Gasteiger partial charge on any atom is -0.233 e. The Labute approximate surface area is 84.1 Å². The maximum absolute atomic E-state index is 13.1. The van der Waals surface area contributed by atoms with Gasteiger partial charge in [-0.05, 0) is 6.07 Å². The van der Waals surface area contributed by atoms with Crippen LogP contribution in [0.5, 0.6) is 0 Å². The largest absolute Gasteiger partial charge is 0.233 e. The summed E-state index contributed by atoms with van der Waals surface area (Å²) in [5.74, 6) is -0.665. The third-order valence-corrected chi connectivity index (χ3v) is 2.35. The van der Waals surface area contributed by atoms with Crippen molar-refractivity contribution >= 4 is 34.1 Å². The highest BCUT2D eigenvalue weighted by molar-refractivity contribution is 6.38. The topological polar surface area (TPSA) is 12.9 Å². The van der Waals surface area contributed by atoms with Gasteiger partial charge in [-0.2, -0.15) is 0 Å². The Morgan fingerprint density at radius 3 is 2.62 bits per heavy atom. The van der Waals surface area contributed by atoms with E-state index < -0.39 is 5.82 Å². The molecule has 0 atom stereocenters. The monoisotopic (exact) mass is 215 g/mol. The SMILES string of the molecule is Fc1c(Cl)nc2ccccc2c1Cl. The molecule has 0 spiro atoms. The number of benzene rings is 1. The fraction of sp³-hybridized carbons (Fsp3) is 0. The summed E-state index contributed by atoms with van der Waals surface area (Å²) in [7, 11) is 0. The first kappa shape index (κ1) is 8.73. The Hall–Kier alpha value is -0.860. The number of para-hydroxylation sites is 1. The van der Waals surface area contributed by atoms with Crippen LogP contribution in [0.1, 0.15) is 0 Å². The van der Waals surface area contributed by atoms with Crippen molar-refractivity contribution in [1.29, 1.82) is 0 Å². The van der Waals surface area contributed by atoms with E-state index in [0.717, 1.165) is 0 Å². The maximum atomic E-state index is 13.1. The van der Waals surface area contributed by atoms with Crippen LogP contribution in [0.2, 0.25) is 10.2 Å². The molecule has 2 aromatic rings. The van der Waals surface area contributed by atoms with Crippen molar-refractivity contribution in [3.05, 3.63) is 40.3 Å². The molecule has 0 saturated carbocycles. The number of fused-ring (bicyclic) bond motifs is 1. The van der Waals surface area contributed by atoms with Gasteiger partial charge in [-0.1, -0.05) is 41.4 Å². The van der Waals surface area contributed by atoms with Crippen LogP contribution in [0.25, 0.3) is 10.9 Å². The predicted molar refractivity (Wildman–Crippen MR) is 51.7 cm³/mol. The van der Waals surface area contributed by atoms with Crippen molar-refractivity contribution in [2.75, 3.05) is 0 Å². The number of hydrogen-bond acceptors (Lipinski definition) is 1. The van der Waals surface area contributed by atoms with Crippen LogP contribution < -0.4 is 0 Å². The summed E-state index contributed by atoms with van der Waals surface area (Å²) in [5.41, 5.74) is 0.596. The molecule has 0 amide bonds. The molecule has 0 bridgehead atoms. The average Bonchev–Trinajstić information content (AvgIpc) is 2.15. The quantitative estimate of drug-likeness (QED) is 0.612. The molecule has 13 heavy (non-hydrogen) atoms. The van der Waals surface area contributed by atoms with Crippen LogP contribution >= 0.6 is 23.2 Å². The van der Waals surface area contributed by atoms with Crippen molar-refractivity contribution in [3.8, 4) is 0 Å². The summed E-state index contributed by atoms with van der Waals surface area (Å²) in [6.07, 6.45) is 0. The van der Waals surface area contributed by atoms with E-state index in [2.05, 4.69) is 4.98 Å². The van der Waals surface area contributed by atoms with E-state index >= 15 is 0 Å². The van der Waals surface area contributed by atoms with Crippen molar-refractivity contribution in [3.63, 3.8) is 0 Å². The van der Waals surface area contributed by atoms with E-state index in [4.69, 9.17) is 23.2 Å². The van der Waals surface area contributed by atoms with Crippen molar-refractivity contribution < 1.29 is 4.39 Å². The third-order valence-electron chi connectivity index (χ3n) is 1.73. The predicted octanol–water partition coefficient (Wildman–Crippen LogP) is 3.68. The molecule has 0 unspecified atom stereocenters. The van der Waals surface area contributed by atoms with Gasteiger partial charge in [0.1, 0.15) is 0 Å². The maximum Gasteiger partial charge on any atom is 0.179 e. The van der Waals surface area contributed by atoms with Crippen molar-refractivity contribution in [2.24, 2.45) is 0 Å². The molecule has 1 aromatic carbocycles. The smallest absolute Gasteiger partial charge is 0.179 e. The molecule has 2 rings (SSSR count). The standard InChI is InChI=1S/C9H4Cl2FN/c10-7-5-3-1-2-4-6(5)13-9(11)8(7)12/h1-4H. The van der Waals surface area contributed by atoms with Gasteiger partial charge in [-0.15, -0.1) is 0 Å². The van der Waals surface area contributed by atoms with Gasteiger partial charge in [0.15, 0.2) is 11.0 Å². The van der Waals surface area contributed by atoms with Gasteiger partial charge >= 0.3 is 0 Å². The Kier molecular flexibility index (Phi) is 2.10. The van der Waals surface area contributed by atoms with Crippen LogP contribution in [-0.4, -0.2) is 4.98 Å². The minimum absolute atomic E-state index is 0.0237. The highest BCUT2D eigenvalue weighted by atomic mass is 35.5. The summed E-state index contributed by atoms with van der Waals surface area (Å²) in [4.78, 5) is 3.84. The van der Waals surface area contributed by atoms with Gasteiger partial charge in [0.2, 0.25) is 0 Å². The molecule has 66 valence electrons. The Balaban J connectivity index is 2.94. The molecule has 0 saturated heterocycles. The zero-order valence-electron chi connectivity index (χ0n) is 6.39. The minimum atomic E-state index is -0.665. The second kappa shape index (κ2) is 3.13. The van der Waals surface area contributed by atoms with Crippen LogP contribution in [0.3, 0.4) is 0 Å². The van der Waals surface area contributed by atoms with E-state index in [0.29, 0.717) is 10.9 Å². The van der Waals surface area contributed by atoms with Crippen LogP contribution in [0.15, 0.2) is 24.3 Å². The molecule has 0 N–H and O–H groups in total. The number of aromatic nitrogens is 1. The normalized spacial score (nSPS) is 10.7. The highest BCUT2D eigenvalue weighted by Gasteiger charge is 2.10. The van der Waals surface area contributed by atoms with E-state index in [1.807, 2.05) is 0 Å². The van der Waals surface area contributed by atoms with E-state index in [1.165, 1.54) is 0 Å². The summed E-state index contributed by atoms with van der Waals surface area (Å²) in [6, 6.07) is 6.99. The lowest BCUT2D eigenvalue weighted by Crippen LogP contribution is -1.87. The molecular weight excluding hydrogens is 212 g/mol. The summed E-state index contributed by atoms with van der Waals surface area (Å²) >= 11 is 11.3. The molecule has 1 heterocycles. The number of rotatable bonds is 0. The number of hydrogen-bond donors (Lipinski definition) is 0. The van der Waals surface area contributed by atoms with E-state index in [9.17, 15) is 4.39 Å². The summed E-state index contributed by atoms with van der Waals surface area (Å²) in [6.45, 7) is 0. The number of halogens is 3. The third kappa shape index (κ3) is 1.36. The lowest BCUT2D eigenvalue weighted by atomic mass is 10.2. The molecule has 0 fully saturated rings. The molecule has 1 nitrogen and oxygen atoms in total. The van der Waals surface area contributed by atoms with Gasteiger partial charge in [-0.25, -0.2) is 9.37 Å². The second-order valence-electron chi connectivity index (χ2n) is 2.55. The highest BCUT2D eigenvalue weighted by Crippen LogP contribution is 2.28. The van der Waals surface area contributed by atoms with E-state index in [1.54, 1.807) is 24.3 Å². The van der Waals surface area contributed by atoms with Gasteiger partial charge in [0, 0.05) is 5.39 Å². The van der Waals surface area contributed by atoms with Gasteiger partial charge < -0.3 is 0 Å². The lowest BCUT2D eigenvalue weighted by molar-refractivity contribution is 0.625. The zero-order valence-corrected chi connectivity index (χ0v) is 7.90. The van der Waals surface area contributed by atoms with Crippen LogP contribution in [0, 0.1) is 5.82 Å².